The third kappa shape index (κ3) is 2.20. The summed E-state index contributed by atoms with van der Waals surface area (Å²) in [6.07, 6.45) is 0.819. The van der Waals surface area contributed by atoms with E-state index >= 15 is 0 Å². The molecular weight excluding hydrogens is 184 g/mol. The number of aromatic hydroxyl groups is 1. The Morgan fingerprint density at radius 1 is 1.57 bits per heavy atom. The Labute approximate surface area is 80.4 Å². The summed E-state index contributed by atoms with van der Waals surface area (Å²) in [6.45, 7) is 0. The molecule has 0 saturated carbocycles. The van der Waals surface area contributed by atoms with E-state index in [1.165, 1.54) is 18.2 Å². The number of nitrogens with zero attached hydrogens (tertiary/aromatic N) is 2. The maximum Gasteiger partial charge on any atom is 0.310 e. The minimum atomic E-state index is -0.649. The van der Waals surface area contributed by atoms with Gasteiger partial charge in [0, 0.05) is 12.5 Å². The van der Waals surface area contributed by atoms with Crippen molar-refractivity contribution in [1.82, 2.24) is 0 Å². The lowest BCUT2D eigenvalue weighted by Gasteiger charge is -1.99. The topological polar surface area (TPSA) is 87.2 Å². The lowest BCUT2D eigenvalue weighted by molar-refractivity contribution is -0.385. The van der Waals surface area contributed by atoms with E-state index in [0.717, 1.165) is 5.56 Å². The van der Waals surface area contributed by atoms with Crippen LogP contribution in [-0.4, -0.2) is 10.0 Å². The van der Waals surface area contributed by atoms with E-state index in [2.05, 4.69) is 0 Å². The van der Waals surface area contributed by atoms with Crippen molar-refractivity contribution in [2.45, 2.75) is 12.8 Å². The number of phenols is 1. The summed E-state index contributed by atoms with van der Waals surface area (Å²) in [7, 11) is 0. The Bertz CT molecular complexity index is 396. The van der Waals surface area contributed by atoms with Gasteiger partial charge >= 0.3 is 5.69 Å². The van der Waals surface area contributed by atoms with Gasteiger partial charge in [0.05, 0.1) is 11.0 Å². The molecule has 1 aromatic rings. The fourth-order valence-corrected chi connectivity index (χ4v) is 1.08. The first-order valence-corrected chi connectivity index (χ1v) is 3.98. The highest BCUT2D eigenvalue weighted by Gasteiger charge is 2.12. The van der Waals surface area contributed by atoms with Crippen LogP contribution in [-0.2, 0) is 6.42 Å². The van der Waals surface area contributed by atoms with Gasteiger partial charge in [-0.1, -0.05) is 6.07 Å². The van der Waals surface area contributed by atoms with Crippen LogP contribution in [0.4, 0.5) is 5.69 Å². The summed E-state index contributed by atoms with van der Waals surface area (Å²) in [6, 6.07) is 6.05. The summed E-state index contributed by atoms with van der Waals surface area (Å²) in [4.78, 5) is 9.69. The largest absolute Gasteiger partial charge is 0.502 e. The highest BCUT2D eigenvalue weighted by Crippen LogP contribution is 2.26. The van der Waals surface area contributed by atoms with Crippen molar-refractivity contribution in [3.63, 3.8) is 0 Å². The number of nitriles is 1. The molecule has 0 heterocycles. The standard InChI is InChI=1S/C9H8N2O3/c10-5-1-2-7-3-4-8(11(13)14)9(12)6-7/h3-4,6,12H,1-2H2. The highest BCUT2D eigenvalue weighted by atomic mass is 16.6. The number of hydrogen-bond acceptors (Lipinski definition) is 4. The van der Waals surface area contributed by atoms with Crippen molar-refractivity contribution in [2.24, 2.45) is 0 Å². The maximum absolute atomic E-state index is 10.3. The quantitative estimate of drug-likeness (QED) is 0.583. The van der Waals surface area contributed by atoms with Crippen molar-refractivity contribution < 1.29 is 10.0 Å². The summed E-state index contributed by atoms with van der Waals surface area (Å²) >= 11 is 0. The maximum atomic E-state index is 10.3. The predicted octanol–water partition coefficient (Wildman–Crippen LogP) is 1.76. The molecule has 0 fully saturated rings. The Hall–Kier alpha value is -2.09. The van der Waals surface area contributed by atoms with Gasteiger partial charge in [0.15, 0.2) is 5.75 Å². The molecule has 0 radical (unpaired) electrons. The van der Waals surface area contributed by atoms with Crippen LogP contribution in [0.2, 0.25) is 0 Å². The summed E-state index contributed by atoms with van der Waals surface area (Å²) < 4.78 is 0. The molecule has 0 aromatic heterocycles. The van der Waals surface area contributed by atoms with Crippen molar-refractivity contribution in [2.75, 3.05) is 0 Å². The van der Waals surface area contributed by atoms with E-state index in [1.54, 1.807) is 0 Å². The van der Waals surface area contributed by atoms with Crippen molar-refractivity contribution in [3.8, 4) is 11.8 Å². The molecule has 1 N–H and O–H groups in total. The number of rotatable bonds is 3. The molecule has 0 bridgehead atoms. The van der Waals surface area contributed by atoms with E-state index in [0.29, 0.717) is 12.8 Å². The fourth-order valence-electron chi connectivity index (χ4n) is 1.08. The van der Waals surface area contributed by atoms with Crippen molar-refractivity contribution >= 4 is 5.69 Å². The second kappa shape index (κ2) is 4.23. The van der Waals surface area contributed by atoms with Crippen LogP contribution >= 0.6 is 0 Å². The SMILES string of the molecule is N#CCCc1ccc([N+](=O)[O-])c(O)c1. The molecule has 14 heavy (non-hydrogen) atoms. The first kappa shape index (κ1) is 9.99. The van der Waals surface area contributed by atoms with Crippen LogP contribution < -0.4 is 0 Å². The highest BCUT2D eigenvalue weighted by molar-refractivity contribution is 5.47. The van der Waals surface area contributed by atoms with Gasteiger partial charge < -0.3 is 5.11 Å². The van der Waals surface area contributed by atoms with Gasteiger partial charge in [-0.15, -0.1) is 0 Å². The van der Waals surface area contributed by atoms with Crippen molar-refractivity contribution in [1.29, 1.82) is 5.26 Å². The molecule has 0 amide bonds. The van der Waals surface area contributed by atoms with Gasteiger partial charge in [0.25, 0.3) is 0 Å². The Balaban J connectivity index is 2.90. The van der Waals surface area contributed by atoms with E-state index in [-0.39, 0.29) is 11.4 Å². The molecule has 0 saturated heterocycles. The van der Waals surface area contributed by atoms with Crippen LogP contribution in [0.3, 0.4) is 0 Å². The Morgan fingerprint density at radius 3 is 2.79 bits per heavy atom. The molecular formula is C9H8N2O3. The molecule has 1 aromatic carbocycles. The van der Waals surface area contributed by atoms with E-state index in [4.69, 9.17) is 5.26 Å². The minimum Gasteiger partial charge on any atom is -0.502 e. The van der Waals surface area contributed by atoms with Gasteiger partial charge in [-0.2, -0.15) is 5.26 Å². The third-order valence-corrected chi connectivity index (χ3v) is 1.76. The van der Waals surface area contributed by atoms with Crippen LogP contribution in [0.1, 0.15) is 12.0 Å². The van der Waals surface area contributed by atoms with Gasteiger partial charge in [-0.05, 0) is 18.1 Å². The smallest absolute Gasteiger partial charge is 0.310 e. The van der Waals surface area contributed by atoms with Gasteiger partial charge in [0.2, 0.25) is 0 Å². The molecule has 0 unspecified atom stereocenters. The molecule has 0 aliphatic rings. The lowest BCUT2D eigenvalue weighted by Crippen LogP contribution is -1.90. The summed E-state index contributed by atoms with van der Waals surface area (Å²) in [5.41, 5.74) is 0.403. The van der Waals surface area contributed by atoms with Gasteiger partial charge in [-0.25, -0.2) is 0 Å². The first-order chi connectivity index (χ1) is 6.65. The zero-order valence-electron chi connectivity index (χ0n) is 7.30. The lowest BCUT2D eigenvalue weighted by atomic mass is 10.1. The number of aryl methyl sites for hydroxylation is 1. The zero-order valence-corrected chi connectivity index (χ0v) is 7.30. The molecule has 0 spiro atoms. The fraction of sp³-hybridized carbons (Fsp3) is 0.222. The average molecular weight is 192 g/mol. The molecule has 5 nitrogen and oxygen atoms in total. The number of hydrogen-bond donors (Lipinski definition) is 1. The molecule has 72 valence electrons. The second-order valence-electron chi connectivity index (χ2n) is 2.74. The summed E-state index contributed by atoms with van der Waals surface area (Å²) in [5, 5.41) is 27.9. The van der Waals surface area contributed by atoms with E-state index in [1.807, 2.05) is 6.07 Å². The zero-order chi connectivity index (χ0) is 10.6. The minimum absolute atomic E-state index is 0.314. The van der Waals surface area contributed by atoms with Crippen molar-refractivity contribution in [3.05, 3.63) is 33.9 Å². The third-order valence-electron chi connectivity index (χ3n) is 1.76. The Morgan fingerprint density at radius 2 is 2.29 bits per heavy atom. The number of benzene rings is 1. The molecule has 0 aliphatic heterocycles. The molecule has 0 aliphatic carbocycles. The van der Waals surface area contributed by atoms with E-state index < -0.39 is 4.92 Å². The van der Waals surface area contributed by atoms with Gasteiger partial charge in [0.1, 0.15) is 0 Å². The normalized spacial score (nSPS) is 9.36. The van der Waals surface area contributed by atoms with Crippen LogP contribution in [0.25, 0.3) is 0 Å². The Kier molecular flexibility index (Phi) is 3.02. The number of phenolic OH excluding ortho intramolecular Hbond substituents is 1. The summed E-state index contributed by atoms with van der Waals surface area (Å²) in [5.74, 6) is -0.356. The molecule has 1 rings (SSSR count). The number of nitro groups is 1. The van der Waals surface area contributed by atoms with E-state index in [9.17, 15) is 15.2 Å². The number of nitro benzene ring substituents is 1. The van der Waals surface area contributed by atoms with Crippen LogP contribution in [0.15, 0.2) is 18.2 Å². The average Bonchev–Trinajstić information content (AvgIpc) is 2.14. The first-order valence-electron chi connectivity index (χ1n) is 3.98. The molecule has 0 atom stereocenters. The molecule has 5 heteroatoms. The monoisotopic (exact) mass is 192 g/mol. The second-order valence-corrected chi connectivity index (χ2v) is 2.74. The predicted molar refractivity (Wildman–Crippen MR) is 48.7 cm³/mol. The van der Waals surface area contributed by atoms with Crippen LogP contribution in [0.5, 0.6) is 5.75 Å². The van der Waals surface area contributed by atoms with Crippen LogP contribution in [0, 0.1) is 21.4 Å². The van der Waals surface area contributed by atoms with Gasteiger partial charge in [-0.3, -0.25) is 10.1 Å².